The minimum Gasteiger partial charge on any atom is -0.480 e. The highest BCUT2D eigenvalue weighted by Gasteiger charge is 2.26. The van der Waals surface area contributed by atoms with E-state index in [1.165, 1.54) is 50.6 Å². The summed E-state index contributed by atoms with van der Waals surface area (Å²) in [5.41, 5.74) is 10.4. The Morgan fingerprint density at radius 3 is 0.978 bits per heavy atom. The van der Waals surface area contributed by atoms with Gasteiger partial charge < -0.3 is 36.1 Å². The number of amides is 2. The molecule has 0 bridgehead atoms. The van der Waals surface area contributed by atoms with Crippen molar-refractivity contribution in [3.8, 4) is 31.3 Å². The summed E-state index contributed by atoms with van der Waals surface area (Å²) in [5, 5.41) is 22.9. The molecular weight excluding hydrogens is 1280 g/mol. The molecule has 3 aromatic heterocycles. The maximum atomic E-state index is 12.8. The Balaban J connectivity index is 0.000000206. The lowest BCUT2D eigenvalue weighted by molar-refractivity contribution is -0.140. The van der Waals surface area contributed by atoms with Crippen LogP contribution in [0.2, 0.25) is 0 Å². The number of rotatable bonds is 20. The van der Waals surface area contributed by atoms with Gasteiger partial charge in [0, 0.05) is 14.6 Å². The summed E-state index contributed by atoms with van der Waals surface area (Å²) in [4.78, 5) is 71.1. The number of carbonyl (C=O) groups is 6. The molecular formula is C62H60N6O16S6. The molecule has 2 amide bonds. The van der Waals surface area contributed by atoms with Gasteiger partial charge in [0.15, 0.2) is 0 Å². The topological polar surface area (TPSA) is 350 Å². The van der Waals surface area contributed by atoms with Crippen LogP contribution < -0.4 is 30.5 Å². The predicted molar refractivity (Wildman–Crippen MR) is 348 cm³/mol. The first-order valence-electron chi connectivity index (χ1n) is 26.5. The number of methoxy groups -OCH3 is 2. The predicted octanol–water partition coefficient (Wildman–Crippen LogP) is 10.1. The number of thiophene rings is 3. The molecule has 22 nitrogen and oxygen atoms in total. The van der Waals surface area contributed by atoms with Gasteiger partial charge in [0.25, 0.3) is 41.9 Å². The number of hydrogen-bond donors (Lipinski definition) is 8. The van der Waals surface area contributed by atoms with Crippen molar-refractivity contribution in [2.24, 2.45) is 5.73 Å². The van der Waals surface area contributed by atoms with Crippen LogP contribution in [-0.2, 0) is 53.9 Å². The zero-order valence-electron chi connectivity index (χ0n) is 48.6. The van der Waals surface area contributed by atoms with Crippen LogP contribution in [-0.4, -0.2) is 105 Å². The molecule has 28 heteroatoms. The lowest BCUT2D eigenvalue weighted by Gasteiger charge is -2.09. The van der Waals surface area contributed by atoms with E-state index < -0.39 is 66.3 Å². The molecule has 0 unspecified atom stereocenters. The molecule has 9 aromatic rings. The minimum atomic E-state index is -3.93. The zero-order valence-corrected chi connectivity index (χ0v) is 53.5. The lowest BCUT2D eigenvalue weighted by Crippen LogP contribution is -2.30. The number of ether oxygens (including phenoxy) is 2. The van der Waals surface area contributed by atoms with Crippen molar-refractivity contribution in [2.75, 3.05) is 48.0 Å². The van der Waals surface area contributed by atoms with E-state index in [2.05, 4.69) is 34.3 Å². The standard InChI is InChI=1S/C21H20N2O5S2.C20H18N2O5S2.C18H15NO4S2.C3H7NO2/c1-14-8-10-16(11-9-14)30(26,27)23-17-12-18(15-6-4-3-5-7-15)29-20(17)21(25)22-13-19(24)28-2;1-13-7-9-15(10-8-13)29(26,27)22-16-11-17(14-5-3-2-4-6-14)28-19(16)20(25)21-12-18(23)24;1-12-7-9-14(10-8-12)25(22,23)19-15-11-16(24-17(15)18(20)21)13-5-3-2-4-6-13;1-6-3(5)2-4/h3-12,23H,13H2,1-2H3,(H,22,25);2-11,22H,12H2,1H3,(H,21,25)(H,23,24);2-11,19H,1H3,(H,20,21);2,4H2,1H3. The van der Waals surface area contributed by atoms with Gasteiger partial charge in [-0.25, -0.2) is 30.0 Å². The molecule has 9 N–H and O–H groups in total. The molecule has 6 aromatic carbocycles. The number of carboxylic acid groups (broad SMARTS) is 2. The van der Waals surface area contributed by atoms with Crippen molar-refractivity contribution in [1.29, 1.82) is 0 Å². The first-order chi connectivity index (χ1) is 42.7. The molecule has 0 atom stereocenters. The van der Waals surface area contributed by atoms with Crippen molar-refractivity contribution in [2.45, 2.75) is 35.5 Å². The molecule has 0 saturated carbocycles. The minimum absolute atomic E-state index is 0.0312. The molecule has 0 spiro atoms. The number of hydrogen-bond acceptors (Lipinski definition) is 18. The van der Waals surface area contributed by atoms with E-state index in [1.807, 2.05) is 112 Å². The Morgan fingerprint density at radius 1 is 0.422 bits per heavy atom. The first kappa shape index (κ1) is 69.5. The Morgan fingerprint density at radius 2 is 0.711 bits per heavy atom. The zero-order chi connectivity index (χ0) is 65.8. The van der Waals surface area contributed by atoms with E-state index in [0.717, 1.165) is 67.4 Å². The van der Waals surface area contributed by atoms with Crippen molar-refractivity contribution in [3.63, 3.8) is 0 Å². The molecule has 470 valence electrons. The van der Waals surface area contributed by atoms with E-state index >= 15 is 0 Å². The number of carboxylic acids is 2. The Hall–Kier alpha value is -9.55. The highest BCUT2D eigenvalue weighted by Crippen LogP contribution is 2.39. The van der Waals surface area contributed by atoms with Crippen LogP contribution in [0.5, 0.6) is 0 Å². The Labute approximate surface area is 531 Å². The van der Waals surface area contributed by atoms with Crippen LogP contribution in [0.3, 0.4) is 0 Å². The molecule has 0 aliphatic rings. The smallest absolute Gasteiger partial charge is 0.348 e. The average Bonchev–Trinajstić information content (AvgIpc) is 1.70. The molecule has 9 rings (SSSR count). The number of carbonyl (C=O) groups excluding carboxylic acids is 4. The van der Waals surface area contributed by atoms with Crippen LogP contribution in [0, 0.1) is 20.8 Å². The maximum absolute atomic E-state index is 12.8. The van der Waals surface area contributed by atoms with Gasteiger partial charge in [0.2, 0.25) is 0 Å². The molecule has 0 saturated heterocycles. The monoisotopic (exact) mass is 1340 g/mol. The fourth-order valence-corrected chi connectivity index (χ4v) is 13.9. The molecule has 0 fully saturated rings. The number of sulfonamides is 3. The number of aromatic carboxylic acids is 1. The van der Waals surface area contributed by atoms with Crippen molar-refractivity contribution >= 4 is 117 Å². The highest BCUT2D eigenvalue weighted by atomic mass is 32.2. The normalized spacial score (nSPS) is 10.9. The fraction of sp³-hybridized carbons (Fsp3) is 0.129. The molecule has 0 aliphatic heterocycles. The summed E-state index contributed by atoms with van der Waals surface area (Å²) in [5.74, 6) is -4.59. The van der Waals surface area contributed by atoms with E-state index in [-0.39, 0.29) is 65.4 Å². The number of esters is 2. The average molecular weight is 1340 g/mol. The van der Waals surface area contributed by atoms with E-state index in [0.29, 0.717) is 14.6 Å². The summed E-state index contributed by atoms with van der Waals surface area (Å²) in [6.45, 7) is 4.64. The number of nitrogens with one attached hydrogen (secondary N) is 5. The summed E-state index contributed by atoms with van der Waals surface area (Å²) in [6.07, 6.45) is 0. The van der Waals surface area contributed by atoms with Gasteiger partial charge >= 0.3 is 23.9 Å². The Kier molecular flexibility index (Phi) is 24.8. The van der Waals surface area contributed by atoms with E-state index in [4.69, 9.17) is 10.8 Å². The van der Waals surface area contributed by atoms with Crippen molar-refractivity contribution < 1.29 is 73.7 Å². The summed E-state index contributed by atoms with van der Waals surface area (Å²) >= 11 is 3.24. The molecule has 3 heterocycles. The van der Waals surface area contributed by atoms with Crippen LogP contribution in [0.15, 0.2) is 197 Å². The number of anilines is 3. The van der Waals surface area contributed by atoms with Gasteiger partial charge in [-0.3, -0.25) is 38.1 Å². The lowest BCUT2D eigenvalue weighted by atomic mass is 10.2. The second kappa shape index (κ2) is 32.1. The summed E-state index contributed by atoms with van der Waals surface area (Å²) < 4.78 is 92.3. The fourth-order valence-electron chi connectivity index (χ4n) is 7.52. The van der Waals surface area contributed by atoms with Crippen LogP contribution in [0.4, 0.5) is 17.1 Å². The van der Waals surface area contributed by atoms with Gasteiger partial charge in [0.05, 0.1) is 52.5 Å². The maximum Gasteiger partial charge on any atom is 0.348 e. The summed E-state index contributed by atoms with van der Waals surface area (Å²) in [6, 6.07) is 51.5. The molecule has 90 heavy (non-hydrogen) atoms. The Bertz CT molecular complexity index is 4310. The molecule has 0 aliphatic carbocycles. The number of aliphatic carboxylic acids is 1. The summed E-state index contributed by atoms with van der Waals surface area (Å²) in [7, 11) is -9.18. The van der Waals surface area contributed by atoms with Gasteiger partial charge in [-0.1, -0.05) is 144 Å². The van der Waals surface area contributed by atoms with Crippen LogP contribution in [0.1, 0.15) is 45.7 Å². The molecule has 0 radical (unpaired) electrons. The van der Waals surface area contributed by atoms with Crippen molar-refractivity contribution in [3.05, 3.63) is 213 Å². The SMILES string of the molecule is COC(=O)CN.COC(=O)CNC(=O)c1sc(-c2ccccc2)cc1NS(=O)(=O)c1ccc(C)cc1.Cc1ccc(S(=O)(=O)Nc2cc(-c3ccccc3)sc2C(=O)NCC(=O)O)cc1.Cc1ccc(S(=O)(=O)Nc2cc(-c3ccccc3)sc2C(=O)O)cc1. The highest BCUT2D eigenvalue weighted by molar-refractivity contribution is 7.93. The number of benzene rings is 6. The number of aryl methyl sites for hydroxylation is 3. The van der Waals surface area contributed by atoms with Crippen LogP contribution >= 0.6 is 34.0 Å². The second-order valence-electron chi connectivity index (χ2n) is 18.8. The third-order valence-electron chi connectivity index (χ3n) is 12.1. The van der Waals surface area contributed by atoms with Gasteiger partial charge in [-0.15, -0.1) is 34.0 Å². The third kappa shape index (κ3) is 20.0. The van der Waals surface area contributed by atoms with Crippen molar-refractivity contribution in [1.82, 2.24) is 10.6 Å². The third-order valence-corrected chi connectivity index (χ3v) is 19.8. The largest absolute Gasteiger partial charge is 0.480 e. The van der Waals surface area contributed by atoms with Gasteiger partial charge in [0.1, 0.15) is 27.7 Å². The first-order valence-corrected chi connectivity index (χ1v) is 33.3. The second-order valence-corrected chi connectivity index (χ2v) is 27.0. The van der Waals surface area contributed by atoms with Gasteiger partial charge in [-0.2, -0.15) is 0 Å². The van der Waals surface area contributed by atoms with Gasteiger partial charge in [-0.05, 0) is 92.1 Å². The van der Waals surface area contributed by atoms with E-state index in [1.54, 1.807) is 54.6 Å². The number of nitrogens with two attached hydrogens (primary N) is 1. The van der Waals surface area contributed by atoms with Crippen LogP contribution in [0.25, 0.3) is 31.3 Å². The van der Waals surface area contributed by atoms with E-state index in [9.17, 15) is 59.1 Å². The quantitative estimate of drug-likeness (QED) is 0.0329.